The first-order chi connectivity index (χ1) is 9.13. The Kier molecular flexibility index (Phi) is 5.37. The maximum Gasteiger partial charge on any atom is 0.0231 e. The molecule has 1 heterocycles. The molecule has 1 aliphatic rings. The van der Waals surface area contributed by atoms with E-state index < -0.39 is 0 Å². The number of hydrogen-bond acceptors (Lipinski definition) is 3. The van der Waals surface area contributed by atoms with Gasteiger partial charge in [-0.2, -0.15) is 0 Å². The van der Waals surface area contributed by atoms with Gasteiger partial charge in [-0.25, -0.2) is 0 Å². The van der Waals surface area contributed by atoms with Crippen molar-refractivity contribution in [3.8, 4) is 0 Å². The molecule has 2 N–H and O–H groups in total. The Balaban J connectivity index is 1.71. The third-order valence-corrected chi connectivity index (χ3v) is 3.97. The van der Waals surface area contributed by atoms with E-state index in [0.29, 0.717) is 6.04 Å². The van der Waals surface area contributed by atoms with Crippen LogP contribution in [0.25, 0.3) is 0 Å². The van der Waals surface area contributed by atoms with Gasteiger partial charge in [-0.15, -0.1) is 0 Å². The van der Waals surface area contributed by atoms with Crippen molar-refractivity contribution >= 4 is 0 Å². The van der Waals surface area contributed by atoms with E-state index in [1.54, 1.807) is 0 Å². The van der Waals surface area contributed by atoms with Gasteiger partial charge in [0.05, 0.1) is 0 Å². The maximum absolute atomic E-state index is 5.93. The lowest BCUT2D eigenvalue weighted by molar-refractivity contribution is 0.183. The predicted octanol–water partition coefficient (Wildman–Crippen LogP) is 1.85. The zero-order valence-electron chi connectivity index (χ0n) is 12.3. The van der Waals surface area contributed by atoms with Crippen LogP contribution in [0.4, 0.5) is 0 Å². The monoisotopic (exact) mass is 261 g/mol. The molecule has 0 bridgehead atoms. The van der Waals surface area contributed by atoms with Crippen LogP contribution in [0.15, 0.2) is 24.3 Å². The van der Waals surface area contributed by atoms with Gasteiger partial charge in [0.15, 0.2) is 0 Å². The van der Waals surface area contributed by atoms with Crippen molar-refractivity contribution in [3.05, 3.63) is 35.4 Å². The van der Waals surface area contributed by atoms with Crippen molar-refractivity contribution in [3.63, 3.8) is 0 Å². The molecule has 2 rings (SSSR count). The summed E-state index contributed by atoms with van der Waals surface area (Å²) in [5.41, 5.74) is 8.68. The molecule has 19 heavy (non-hydrogen) atoms. The molecule has 0 amide bonds. The lowest BCUT2D eigenvalue weighted by atomic mass is 10.1. The Morgan fingerprint density at radius 1 is 1.32 bits per heavy atom. The molecule has 0 saturated carbocycles. The molecule has 106 valence electrons. The summed E-state index contributed by atoms with van der Waals surface area (Å²) in [5, 5.41) is 0. The average Bonchev–Trinajstić information content (AvgIpc) is 2.38. The van der Waals surface area contributed by atoms with Gasteiger partial charge >= 0.3 is 0 Å². The summed E-state index contributed by atoms with van der Waals surface area (Å²) in [5.74, 6) is 0. The van der Waals surface area contributed by atoms with E-state index in [0.717, 1.165) is 32.5 Å². The Hall–Kier alpha value is -0.900. The largest absolute Gasteiger partial charge is 0.328 e. The minimum atomic E-state index is 0.432. The second kappa shape index (κ2) is 7.04. The van der Waals surface area contributed by atoms with Crippen LogP contribution >= 0.6 is 0 Å². The first-order valence-electron chi connectivity index (χ1n) is 7.35. The molecule has 0 unspecified atom stereocenters. The number of nitrogens with two attached hydrogens (primary N) is 1. The number of rotatable bonds is 5. The highest BCUT2D eigenvalue weighted by atomic mass is 15.2. The second-order valence-corrected chi connectivity index (χ2v) is 5.91. The summed E-state index contributed by atoms with van der Waals surface area (Å²) in [6.07, 6.45) is 2.31. The van der Waals surface area contributed by atoms with E-state index in [-0.39, 0.29) is 0 Å². The summed E-state index contributed by atoms with van der Waals surface area (Å²) in [6.45, 7) is 7.81. The zero-order valence-corrected chi connectivity index (χ0v) is 12.3. The summed E-state index contributed by atoms with van der Waals surface area (Å²) in [4.78, 5) is 4.94. The Bertz CT molecular complexity index is 383. The molecule has 1 aliphatic heterocycles. The molecule has 3 heteroatoms. The quantitative estimate of drug-likeness (QED) is 0.878. The number of aryl methyl sites for hydroxylation is 1. The van der Waals surface area contributed by atoms with Gasteiger partial charge in [-0.05, 0) is 45.5 Å². The van der Waals surface area contributed by atoms with Gasteiger partial charge in [-0.3, -0.25) is 0 Å². The van der Waals surface area contributed by atoms with E-state index in [4.69, 9.17) is 5.73 Å². The van der Waals surface area contributed by atoms with Crippen LogP contribution in [-0.2, 0) is 6.54 Å². The second-order valence-electron chi connectivity index (χ2n) is 5.91. The minimum Gasteiger partial charge on any atom is -0.328 e. The molecular formula is C16H27N3. The fourth-order valence-electron chi connectivity index (χ4n) is 2.69. The fraction of sp³-hybridized carbons (Fsp3) is 0.625. The van der Waals surface area contributed by atoms with Gasteiger partial charge in [0, 0.05) is 25.7 Å². The van der Waals surface area contributed by atoms with E-state index in [1.165, 1.54) is 24.2 Å². The number of piperidine rings is 1. The number of hydrogen-bond donors (Lipinski definition) is 1. The highest BCUT2D eigenvalue weighted by Crippen LogP contribution is 2.09. The van der Waals surface area contributed by atoms with Crippen molar-refractivity contribution in [2.45, 2.75) is 32.4 Å². The van der Waals surface area contributed by atoms with Crippen LogP contribution in [0, 0.1) is 6.92 Å². The third-order valence-electron chi connectivity index (χ3n) is 3.97. The van der Waals surface area contributed by atoms with E-state index >= 15 is 0 Å². The van der Waals surface area contributed by atoms with Crippen LogP contribution in [0.2, 0.25) is 0 Å². The number of benzene rings is 1. The smallest absolute Gasteiger partial charge is 0.0231 e. The molecule has 3 nitrogen and oxygen atoms in total. The topological polar surface area (TPSA) is 32.5 Å². The van der Waals surface area contributed by atoms with Crippen molar-refractivity contribution in [2.24, 2.45) is 5.73 Å². The molecule has 0 aromatic heterocycles. The molecule has 1 saturated heterocycles. The van der Waals surface area contributed by atoms with Crippen molar-refractivity contribution in [1.29, 1.82) is 0 Å². The first kappa shape index (κ1) is 14.5. The summed E-state index contributed by atoms with van der Waals surface area (Å²) in [7, 11) is 2.21. The lowest BCUT2D eigenvalue weighted by Crippen LogP contribution is -2.42. The number of nitrogens with zero attached hydrogens (tertiary/aromatic N) is 2. The summed E-state index contributed by atoms with van der Waals surface area (Å²) < 4.78 is 0. The highest BCUT2D eigenvalue weighted by molar-refractivity contribution is 5.21. The SMILES string of the molecule is Cc1cccc(CN(C)CCN2CCC(N)CC2)c1. The zero-order chi connectivity index (χ0) is 13.7. The van der Waals surface area contributed by atoms with Crippen LogP contribution in [0.1, 0.15) is 24.0 Å². The van der Waals surface area contributed by atoms with Crippen LogP contribution in [0.5, 0.6) is 0 Å². The van der Waals surface area contributed by atoms with Crippen LogP contribution in [0.3, 0.4) is 0 Å². The molecule has 0 aliphatic carbocycles. The normalized spacial score (nSPS) is 18.1. The number of likely N-dealkylation sites (N-methyl/N-ethyl adjacent to an activating group) is 1. The predicted molar refractivity (Wildman–Crippen MR) is 81.2 cm³/mol. The van der Waals surface area contributed by atoms with Crippen LogP contribution in [-0.4, -0.2) is 49.1 Å². The van der Waals surface area contributed by atoms with Crippen molar-refractivity contribution < 1.29 is 0 Å². The van der Waals surface area contributed by atoms with E-state index in [9.17, 15) is 0 Å². The molecule has 0 atom stereocenters. The fourth-order valence-corrected chi connectivity index (χ4v) is 2.69. The maximum atomic E-state index is 5.93. The third kappa shape index (κ3) is 4.94. The van der Waals surface area contributed by atoms with Gasteiger partial charge in [0.25, 0.3) is 0 Å². The molecular weight excluding hydrogens is 234 g/mol. The number of likely N-dealkylation sites (tertiary alicyclic amines) is 1. The molecule has 1 aromatic rings. The van der Waals surface area contributed by atoms with Gasteiger partial charge in [-0.1, -0.05) is 29.8 Å². The highest BCUT2D eigenvalue weighted by Gasteiger charge is 2.15. The summed E-state index contributed by atoms with van der Waals surface area (Å²) >= 11 is 0. The summed E-state index contributed by atoms with van der Waals surface area (Å²) in [6, 6.07) is 9.21. The Labute approximate surface area is 117 Å². The van der Waals surface area contributed by atoms with E-state index in [1.807, 2.05) is 0 Å². The molecule has 0 spiro atoms. The molecule has 0 radical (unpaired) electrons. The first-order valence-corrected chi connectivity index (χ1v) is 7.35. The standard InChI is InChI=1S/C16H27N3/c1-14-4-3-5-15(12-14)13-18(2)10-11-19-8-6-16(17)7-9-19/h3-5,12,16H,6-11,13,17H2,1-2H3. The van der Waals surface area contributed by atoms with Gasteiger partial charge in [0.2, 0.25) is 0 Å². The van der Waals surface area contributed by atoms with Crippen molar-refractivity contribution in [2.75, 3.05) is 33.2 Å². The lowest BCUT2D eigenvalue weighted by Gasteiger charge is -2.31. The minimum absolute atomic E-state index is 0.432. The average molecular weight is 261 g/mol. The van der Waals surface area contributed by atoms with Crippen LogP contribution < -0.4 is 5.73 Å². The van der Waals surface area contributed by atoms with Gasteiger partial charge in [0.1, 0.15) is 0 Å². The molecule has 1 fully saturated rings. The van der Waals surface area contributed by atoms with Gasteiger partial charge < -0.3 is 15.5 Å². The van der Waals surface area contributed by atoms with E-state index in [2.05, 4.69) is 48.0 Å². The Morgan fingerprint density at radius 3 is 2.74 bits per heavy atom. The molecule has 1 aromatic carbocycles. The van der Waals surface area contributed by atoms with Crippen molar-refractivity contribution in [1.82, 2.24) is 9.80 Å². The Morgan fingerprint density at radius 2 is 2.05 bits per heavy atom.